The van der Waals surface area contributed by atoms with Crippen LogP contribution in [0.1, 0.15) is 45.4 Å². The summed E-state index contributed by atoms with van der Waals surface area (Å²) in [7, 11) is 1.09. The van der Waals surface area contributed by atoms with Crippen LogP contribution in [0, 0.1) is 23.3 Å². The number of hydrogen-bond donors (Lipinski definition) is 0. The Kier molecular flexibility index (Phi) is 8.40. The monoisotopic (exact) mass is 354 g/mol. The SMILES string of the molecule is CCCCCCCC(=O)Oc1c(F)c(F)c(SOC)c(F)c1F. The molecule has 130 valence electrons. The van der Waals surface area contributed by atoms with Gasteiger partial charge in [-0.15, -0.1) is 0 Å². The molecule has 0 atom stereocenters. The molecule has 1 rings (SSSR count). The fourth-order valence-electron chi connectivity index (χ4n) is 1.88. The van der Waals surface area contributed by atoms with Crippen molar-refractivity contribution in [2.75, 3.05) is 7.11 Å². The Morgan fingerprint density at radius 2 is 1.52 bits per heavy atom. The summed E-state index contributed by atoms with van der Waals surface area (Å²) in [5, 5.41) is 0. The second-order valence-electron chi connectivity index (χ2n) is 4.80. The van der Waals surface area contributed by atoms with Gasteiger partial charge in [-0.05, 0) is 6.42 Å². The number of ether oxygens (including phenoxy) is 1. The van der Waals surface area contributed by atoms with Crippen LogP contribution in [0.4, 0.5) is 17.6 Å². The predicted molar refractivity (Wildman–Crippen MR) is 78.2 cm³/mol. The molecule has 0 aromatic heterocycles. The lowest BCUT2D eigenvalue weighted by atomic mass is 10.1. The van der Waals surface area contributed by atoms with E-state index in [2.05, 4.69) is 8.92 Å². The summed E-state index contributed by atoms with van der Waals surface area (Å²) in [5.74, 6) is -9.15. The minimum absolute atomic E-state index is 0.0829. The fourth-order valence-corrected chi connectivity index (χ4v) is 2.37. The maximum atomic E-state index is 13.7. The van der Waals surface area contributed by atoms with Crippen molar-refractivity contribution in [3.05, 3.63) is 23.3 Å². The molecular formula is C15H18F4O3S. The molecule has 0 unspecified atom stereocenters. The van der Waals surface area contributed by atoms with Gasteiger partial charge in [-0.25, -0.2) is 8.78 Å². The molecule has 8 heteroatoms. The highest BCUT2D eigenvalue weighted by Gasteiger charge is 2.28. The molecule has 0 saturated heterocycles. The quantitative estimate of drug-likeness (QED) is 0.153. The molecule has 1 aromatic carbocycles. The van der Waals surface area contributed by atoms with Crippen LogP contribution < -0.4 is 4.74 Å². The van der Waals surface area contributed by atoms with Crippen LogP contribution in [0.15, 0.2) is 4.90 Å². The number of hydrogen-bond acceptors (Lipinski definition) is 4. The highest BCUT2D eigenvalue weighted by Crippen LogP contribution is 2.35. The number of esters is 1. The van der Waals surface area contributed by atoms with Crippen molar-refractivity contribution in [3.8, 4) is 5.75 Å². The maximum Gasteiger partial charge on any atom is 0.311 e. The first kappa shape index (κ1) is 19.8. The summed E-state index contributed by atoms with van der Waals surface area (Å²) < 4.78 is 63.7. The first-order valence-corrected chi connectivity index (χ1v) is 7.95. The average Bonchev–Trinajstić information content (AvgIpc) is 2.53. The van der Waals surface area contributed by atoms with Gasteiger partial charge in [0.15, 0.2) is 11.6 Å². The van der Waals surface area contributed by atoms with Crippen molar-refractivity contribution in [2.24, 2.45) is 0 Å². The highest BCUT2D eigenvalue weighted by molar-refractivity contribution is 7.94. The van der Waals surface area contributed by atoms with Crippen LogP contribution >= 0.6 is 12.0 Å². The number of benzene rings is 1. The lowest BCUT2D eigenvalue weighted by Gasteiger charge is -2.11. The molecule has 0 radical (unpaired) electrons. The largest absolute Gasteiger partial charge is 0.420 e. The molecule has 0 N–H and O–H groups in total. The molecule has 0 aliphatic rings. The van der Waals surface area contributed by atoms with E-state index in [4.69, 9.17) is 0 Å². The average molecular weight is 354 g/mol. The Balaban J connectivity index is 2.79. The van der Waals surface area contributed by atoms with E-state index in [1.165, 1.54) is 0 Å². The Bertz CT molecular complexity index is 523. The number of rotatable bonds is 9. The fraction of sp³-hybridized carbons (Fsp3) is 0.533. The van der Waals surface area contributed by atoms with E-state index >= 15 is 0 Å². The number of unbranched alkanes of at least 4 members (excludes halogenated alkanes) is 4. The van der Waals surface area contributed by atoms with Crippen molar-refractivity contribution < 1.29 is 31.3 Å². The van der Waals surface area contributed by atoms with Gasteiger partial charge in [0.2, 0.25) is 17.4 Å². The van der Waals surface area contributed by atoms with Crippen LogP contribution in [0.25, 0.3) is 0 Å². The van der Waals surface area contributed by atoms with Gasteiger partial charge >= 0.3 is 5.97 Å². The summed E-state index contributed by atoms with van der Waals surface area (Å²) >= 11 is 0.135. The minimum atomic E-state index is -1.76. The molecular weight excluding hydrogens is 336 g/mol. The van der Waals surface area contributed by atoms with Crippen LogP contribution in [0.3, 0.4) is 0 Å². The van der Waals surface area contributed by atoms with Gasteiger partial charge < -0.3 is 8.92 Å². The van der Waals surface area contributed by atoms with E-state index in [1.54, 1.807) is 0 Å². The summed E-state index contributed by atoms with van der Waals surface area (Å²) in [6.07, 6.45) is 4.14. The number of halogens is 4. The molecule has 0 spiro atoms. The third-order valence-electron chi connectivity index (χ3n) is 3.05. The van der Waals surface area contributed by atoms with Crippen molar-refractivity contribution in [1.29, 1.82) is 0 Å². The molecule has 0 bridgehead atoms. The zero-order valence-corrected chi connectivity index (χ0v) is 13.7. The summed E-state index contributed by atoms with van der Waals surface area (Å²) in [6.45, 7) is 2.04. The van der Waals surface area contributed by atoms with Crippen LogP contribution in [-0.2, 0) is 8.98 Å². The second kappa shape index (κ2) is 9.77. The summed E-state index contributed by atoms with van der Waals surface area (Å²) in [5.41, 5.74) is 0. The van der Waals surface area contributed by atoms with Crippen LogP contribution in [-0.4, -0.2) is 13.1 Å². The number of carbonyl (C=O) groups excluding carboxylic acids is 1. The molecule has 0 aliphatic heterocycles. The molecule has 3 nitrogen and oxygen atoms in total. The molecule has 0 fully saturated rings. The minimum Gasteiger partial charge on any atom is -0.420 e. The first-order valence-electron chi connectivity index (χ1n) is 7.21. The molecule has 0 heterocycles. The third kappa shape index (κ3) is 5.39. The zero-order chi connectivity index (χ0) is 17.4. The molecule has 0 saturated carbocycles. The van der Waals surface area contributed by atoms with E-state index in [9.17, 15) is 22.4 Å². The van der Waals surface area contributed by atoms with Gasteiger partial charge in [-0.3, -0.25) is 4.79 Å². The van der Waals surface area contributed by atoms with Crippen molar-refractivity contribution >= 4 is 18.0 Å². The zero-order valence-electron chi connectivity index (χ0n) is 12.9. The highest BCUT2D eigenvalue weighted by atomic mass is 32.2. The normalized spacial score (nSPS) is 10.9. The third-order valence-corrected chi connectivity index (χ3v) is 3.74. The Hall–Kier alpha value is -1.28. The topological polar surface area (TPSA) is 35.5 Å². The standard InChI is InChI=1S/C15H18F4O3S/c1-3-4-5-6-7-8-9(20)22-14-10(16)12(18)15(23-21-2)13(19)11(14)17/h3-8H2,1-2H3. The second-order valence-corrected chi connectivity index (χ2v) is 5.71. The van der Waals surface area contributed by atoms with Gasteiger partial charge in [0.1, 0.15) is 4.90 Å². The molecule has 23 heavy (non-hydrogen) atoms. The predicted octanol–water partition coefficient (Wildman–Crippen LogP) is 5.16. The van der Waals surface area contributed by atoms with E-state index in [0.717, 1.165) is 32.8 Å². The van der Waals surface area contributed by atoms with E-state index < -0.39 is 39.9 Å². The Morgan fingerprint density at radius 1 is 0.957 bits per heavy atom. The Labute approximate surface area is 136 Å². The van der Waals surface area contributed by atoms with Crippen LogP contribution in [0.2, 0.25) is 0 Å². The lowest BCUT2D eigenvalue weighted by Crippen LogP contribution is -2.12. The van der Waals surface area contributed by atoms with Gasteiger partial charge in [-0.1, -0.05) is 32.6 Å². The van der Waals surface area contributed by atoms with Crippen LogP contribution in [0.5, 0.6) is 5.75 Å². The van der Waals surface area contributed by atoms with Crippen molar-refractivity contribution in [2.45, 2.75) is 50.3 Å². The van der Waals surface area contributed by atoms with E-state index in [0.29, 0.717) is 6.42 Å². The first-order chi connectivity index (χ1) is 10.9. The smallest absolute Gasteiger partial charge is 0.311 e. The maximum absolute atomic E-state index is 13.7. The summed E-state index contributed by atoms with van der Waals surface area (Å²) in [4.78, 5) is 10.6. The summed E-state index contributed by atoms with van der Waals surface area (Å²) in [6, 6.07) is 0. The van der Waals surface area contributed by atoms with Gasteiger partial charge in [-0.2, -0.15) is 8.78 Å². The van der Waals surface area contributed by atoms with Crippen molar-refractivity contribution in [3.63, 3.8) is 0 Å². The molecule has 0 aliphatic carbocycles. The van der Waals surface area contributed by atoms with E-state index in [1.807, 2.05) is 6.92 Å². The Morgan fingerprint density at radius 3 is 2.04 bits per heavy atom. The van der Waals surface area contributed by atoms with Crippen molar-refractivity contribution in [1.82, 2.24) is 0 Å². The van der Waals surface area contributed by atoms with E-state index in [-0.39, 0.29) is 18.5 Å². The lowest BCUT2D eigenvalue weighted by molar-refractivity contribution is -0.135. The molecule has 0 amide bonds. The molecule has 1 aromatic rings. The van der Waals surface area contributed by atoms with Gasteiger partial charge in [0.25, 0.3) is 0 Å². The number of carbonyl (C=O) groups is 1. The van der Waals surface area contributed by atoms with Gasteiger partial charge in [0, 0.05) is 18.5 Å². The van der Waals surface area contributed by atoms with Gasteiger partial charge in [0.05, 0.1) is 7.11 Å².